The van der Waals surface area contributed by atoms with Crippen LogP contribution in [0.5, 0.6) is 0 Å². The third-order valence-corrected chi connectivity index (χ3v) is 6.77. The number of nitrogens with zero attached hydrogens (tertiary/aromatic N) is 2. The van der Waals surface area contributed by atoms with Gasteiger partial charge in [-0.05, 0) is 49.2 Å². The lowest BCUT2D eigenvalue weighted by Crippen LogP contribution is -2.46. The molecule has 1 saturated heterocycles. The molecule has 5 rings (SSSR count). The van der Waals surface area contributed by atoms with Crippen LogP contribution in [0.2, 0.25) is 0 Å². The third kappa shape index (κ3) is 4.61. The summed E-state index contributed by atoms with van der Waals surface area (Å²) in [6.45, 7) is 3.08. The second-order valence-corrected chi connectivity index (χ2v) is 8.84. The van der Waals surface area contributed by atoms with Gasteiger partial charge in [-0.1, -0.05) is 72.8 Å². The van der Waals surface area contributed by atoms with Gasteiger partial charge in [-0.3, -0.25) is 14.5 Å². The Morgan fingerprint density at radius 2 is 1.18 bits per heavy atom. The maximum atomic E-state index is 12.6. The summed E-state index contributed by atoms with van der Waals surface area (Å²) < 4.78 is 0. The Morgan fingerprint density at radius 3 is 1.70 bits per heavy atom. The van der Waals surface area contributed by atoms with Crippen molar-refractivity contribution in [2.75, 3.05) is 26.2 Å². The summed E-state index contributed by atoms with van der Waals surface area (Å²) >= 11 is 0. The maximum absolute atomic E-state index is 12.6. The van der Waals surface area contributed by atoms with Crippen LogP contribution in [0.4, 0.5) is 0 Å². The van der Waals surface area contributed by atoms with E-state index in [0.29, 0.717) is 23.7 Å². The van der Waals surface area contributed by atoms with E-state index in [4.69, 9.17) is 0 Å². The minimum Gasteiger partial charge on any atom is -0.303 e. The first-order valence-electron chi connectivity index (χ1n) is 11.7. The van der Waals surface area contributed by atoms with Crippen molar-refractivity contribution in [2.45, 2.75) is 24.9 Å². The molecule has 5 heteroatoms. The summed E-state index contributed by atoms with van der Waals surface area (Å²) in [4.78, 5) is 29.0. The summed E-state index contributed by atoms with van der Waals surface area (Å²) in [5, 5.41) is 3.89. The second kappa shape index (κ2) is 9.69. The number of nitrogens with one attached hydrogen (secondary N) is 1. The lowest BCUT2D eigenvalue weighted by Gasteiger charge is -2.35. The number of carbonyl (C=O) groups excluding carboxylic acids is 2. The smallest absolute Gasteiger partial charge is 0.261 e. The Bertz CT molecular complexity index is 1030. The van der Waals surface area contributed by atoms with Crippen LogP contribution >= 0.6 is 0 Å². The predicted molar refractivity (Wildman–Crippen MR) is 129 cm³/mol. The molecule has 0 unspecified atom stereocenters. The van der Waals surface area contributed by atoms with Gasteiger partial charge in [0.15, 0.2) is 0 Å². The van der Waals surface area contributed by atoms with Crippen LogP contribution in [0.15, 0.2) is 84.9 Å². The molecular formula is C28H29N3O2. The van der Waals surface area contributed by atoms with E-state index in [0.717, 1.165) is 32.5 Å². The fraction of sp³-hybridized carbons (Fsp3) is 0.286. The van der Waals surface area contributed by atoms with Gasteiger partial charge in [-0.25, -0.2) is 0 Å². The number of fused-ring (bicyclic) bond motifs is 1. The normalized spacial score (nSPS) is 17.1. The monoisotopic (exact) mass is 439 g/mol. The Hall–Kier alpha value is -3.28. The molecule has 168 valence electrons. The van der Waals surface area contributed by atoms with E-state index in [9.17, 15) is 9.59 Å². The molecule has 0 aliphatic carbocycles. The van der Waals surface area contributed by atoms with Crippen molar-refractivity contribution in [1.29, 1.82) is 0 Å². The number of imide groups is 1. The number of carbonyl (C=O) groups is 2. The predicted octanol–water partition coefficient (Wildman–Crippen LogP) is 4.13. The third-order valence-electron chi connectivity index (χ3n) is 6.77. The fourth-order valence-electron chi connectivity index (χ4n) is 4.92. The highest BCUT2D eigenvalue weighted by molar-refractivity contribution is 6.21. The molecule has 2 amide bonds. The first kappa shape index (κ1) is 21.6. The van der Waals surface area contributed by atoms with E-state index in [1.807, 2.05) is 12.1 Å². The van der Waals surface area contributed by atoms with Crippen molar-refractivity contribution >= 4 is 11.8 Å². The van der Waals surface area contributed by atoms with Gasteiger partial charge < -0.3 is 10.2 Å². The molecular weight excluding hydrogens is 410 g/mol. The minimum atomic E-state index is -0.166. The molecule has 0 radical (unpaired) electrons. The Balaban J connectivity index is 1.17. The van der Waals surface area contributed by atoms with Crippen LogP contribution in [0.1, 0.15) is 50.7 Å². The van der Waals surface area contributed by atoms with Crippen LogP contribution in [0, 0.1) is 0 Å². The number of likely N-dealkylation sites (tertiary alicyclic amines) is 1. The summed E-state index contributed by atoms with van der Waals surface area (Å²) in [6, 6.07) is 28.9. The van der Waals surface area contributed by atoms with Crippen molar-refractivity contribution in [3.63, 3.8) is 0 Å². The second-order valence-electron chi connectivity index (χ2n) is 8.84. The van der Waals surface area contributed by atoms with Crippen molar-refractivity contribution in [1.82, 2.24) is 15.1 Å². The zero-order chi connectivity index (χ0) is 22.6. The van der Waals surface area contributed by atoms with Gasteiger partial charge >= 0.3 is 0 Å². The number of hydrogen-bond donors (Lipinski definition) is 1. The maximum Gasteiger partial charge on any atom is 0.261 e. The van der Waals surface area contributed by atoms with Crippen LogP contribution in [0.25, 0.3) is 0 Å². The van der Waals surface area contributed by atoms with Crippen LogP contribution < -0.4 is 5.32 Å². The average molecular weight is 440 g/mol. The number of rotatable bonds is 7. The molecule has 0 aromatic heterocycles. The fourth-order valence-corrected chi connectivity index (χ4v) is 4.92. The van der Waals surface area contributed by atoms with Crippen LogP contribution in [-0.2, 0) is 0 Å². The first-order chi connectivity index (χ1) is 16.2. The van der Waals surface area contributed by atoms with Crippen LogP contribution in [-0.4, -0.2) is 53.8 Å². The van der Waals surface area contributed by atoms with E-state index in [-0.39, 0.29) is 17.9 Å². The van der Waals surface area contributed by atoms with Gasteiger partial charge in [0.05, 0.1) is 17.2 Å². The summed E-state index contributed by atoms with van der Waals surface area (Å²) in [5.41, 5.74) is 3.60. The number of amides is 2. The number of benzene rings is 3. The molecule has 0 bridgehead atoms. The molecule has 1 fully saturated rings. The van der Waals surface area contributed by atoms with Crippen molar-refractivity contribution in [2.24, 2.45) is 0 Å². The van der Waals surface area contributed by atoms with Gasteiger partial charge in [-0.2, -0.15) is 0 Å². The highest BCUT2D eigenvalue weighted by Crippen LogP contribution is 2.25. The SMILES string of the molecule is O=C1c2ccccc2C(=O)N1CCN1CCC(NC(c2ccccc2)c2ccccc2)CC1. The number of hydrogen-bond acceptors (Lipinski definition) is 4. The van der Waals surface area contributed by atoms with Gasteiger partial charge in [0, 0.05) is 19.1 Å². The molecule has 2 aliphatic rings. The Kier molecular flexibility index (Phi) is 6.33. The van der Waals surface area contributed by atoms with E-state index in [1.165, 1.54) is 16.0 Å². The van der Waals surface area contributed by atoms with Gasteiger partial charge in [0.1, 0.15) is 0 Å². The first-order valence-corrected chi connectivity index (χ1v) is 11.7. The lowest BCUT2D eigenvalue weighted by molar-refractivity contribution is 0.0628. The molecule has 3 aromatic rings. The summed E-state index contributed by atoms with van der Waals surface area (Å²) in [7, 11) is 0. The molecule has 5 nitrogen and oxygen atoms in total. The van der Waals surface area contributed by atoms with Crippen molar-refractivity contribution < 1.29 is 9.59 Å². The molecule has 2 aliphatic heterocycles. The molecule has 0 saturated carbocycles. The average Bonchev–Trinajstić information content (AvgIpc) is 3.12. The van der Waals surface area contributed by atoms with Crippen LogP contribution in [0.3, 0.4) is 0 Å². The molecule has 0 spiro atoms. The minimum absolute atomic E-state index is 0.166. The standard InChI is InChI=1S/C28H29N3O2/c32-27-24-13-7-8-14-25(24)28(33)31(27)20-19-30-17-15-23(16-18-30)29-26(21-9-3-1-4-10-21)22-11-5-2-6-12-22/h1-14,23,26,29H,15-20H2. The van der Waals surface area contributed by atoms with E-state index in [2.05, 4.69) is 70.9 Å². The molecule has 33 heavy (non-hydrogen) atoms. The van der Waals surface area contributed by atoms with Gasteiger partial charge in [0.2, 0.25) is 0 Å². The quantitative estimate of drug-likeness (QED) is 0.563. The summed E-state index contributed by atoms with van der Waals surface area (Å²) in [6.07, 6.45) is 2.08. The largest absolute Gasteiger partial charge is 0.303 e. The molecule has 2 heterocycles. The van der Waals surface area contributed by atoms with E-state index in [1.54, 1.807) is 12.1 Å². The highest BCUT2D eigenvalue weighted by atomic mass is 16.2. The topological polar surface area (TPSA) is 52.7 Å². The van der Waals surface area contributed by atoms with Gasteiger partial charge in [0.25, 0.3) is 11.8 Å². The van der Waals surface area contributed by atoms with Gasteiger partial charge in [-0.15, -0.1) is 0 Å². The van der Waals surface area contributed by atoms with Crippen molar-refractivity contribution in [3.05, 3.63) is 107 Å². The van der Waals surface area contributed by atoms with E-state index < -0.39 is 0 Å². The molecule has 1 N–H and O–H groups in total. The molecule has 0 atom stereocenters. The zero-order valence-electron chi connectivity index (χ0n) is 18.7. The highest BCUT2D eigenvalue weighted by Gasteiger charge is 2.35. The zero-order valence-corrected chi connectivity index (χ0v) is 18.7. The summed E-state index contributed by atoms with van der Waals surface area (Å²) in [5.74, 6) is -0.332. The Morgan fingerprint density at radius 1 is 0.697 bits per heavy atom. The lowest BCUT2D eigenvalue weighted by atomic mass is 9.95. The Labute approximate surface area is 195 Å². The number of piperidine rings is 1. The van der Waals surface area contributed by atoms with E-state index >= 15 is 0 Å². The molecule has 3 aromatic carbocycles. The van der Waals surface area contributed by atoms with Crippen molar-refractivity contribution in [3.8, 4) is 0 Å².